The van der Waals surface area contributed by atoms with Crippen LogP contribution in [0.4, 0.5) is 0 Å². The predicted molar refractivity (Wildman–Crippen MR) is 122 cm³/mol. The molecule has 2 aromatic rings. The number of hydrogen-bond donors (Lipinski definition) is 2. The van der Waals surface area contributed by atoms with Crippen LogP contribution in [0.1, 0.15) is 28.9 Å². The molecule has 7 heteroatoms. The summed E-state index contributed by atoms with van der Waals surface area (Å²) in [7, 11) is 0. The fourth-order valence-corrected chi connectivity index (χ4v) is 3.93. The van der Waals surface area contributed by atoms with Crippen LogP contribution in [0.15, 0.2) is 40.2 Å². The van der Waals surface area contributed by atoms with Crippen LogP contribution in [0.25, 0.3) is 0 Å². The van der Waals surface area contributed by atoms with E-state index in [1.165, 1.54) is 9.77 Å². The van der Waals surface area contributed by atoms with Gasteiger partial charge in [0.15, 0.2) is 5.96 Å². The van der Waals surface area contributed by atoms with E-state index in [-0.39, 0.29) is 24.0 Å². The second-order valence-corrected chi connectivity index (χ2v) is 7.83. The Balaban J connectivity index is 0.00000312. The zero-order valence-corrected chi connectivity index (χ0v) is 19.0. The second-order valence-electron chi connectivity index (χ2n) is 5.38. The number of nitrogens with zero attached hydrogens (tertiary/aromatic N) is 2. The lowest BCUT2D eigenvalue weighted by molar-refractivity contribution is 0.790. The van der Waals surface area contributed by atoms with Crippen molar-refractivity contribution in [1.82, 2.24) is 15.6 Å². The number of aliphatic imine (C=N–C) groups is 1. The average molecular weight is 490 g/mol. The molecule has 1 aromatic carbocycles. The van der Waals surface area contributed by atoms with Crippen LogP contribution in [-0.2, 0) is 6.54 Å². The maximum atomic E-state index is 4.67. The van der Waals surface area contributed by atoms with E-state index in [4.69, 9.17) is 0 Å². The summed E-state index contributed by atoms with van der Waals surface area (Å²) < 4.78 is 0. The van der Waals surface area contributed by atoms with Crippen LogP contribution in [0.3, 0.4) is 0 Å². The molecule has 0 saturated heterocycles. The number of nitrogens with one attached hydrogen (secondary N) is 2. The Labute approximate surface area is 176 Å². The van der Waals surface area contributed by atoms with E-state index in [0.29, 0.717) is 6.54 Å². The molecular formula is C18H27IN4S2. The van der Waals surface area contributed by atoms with Gasteiger partial charge in [-0.3, -0.25) is 0 Å². The van der Waals surface area contributed by atoms with Gasteiger partial charge in [-0.1, -0.05) is 18.2 Å². The van der Waals surface area contributed by atoms with E-state index in [2.05, 4.69) is 64.8 Å². The van der Waals surface area contributed by atoms with Crippen molar-refractivity contribution in [2.75, 3.05) is 18.8 Å². The van der Waals surface area contributed by atoms with Gasteiger partial charge in [0.2, 0.25) is 0 Å². The first-order chi connectivity index (χ1) is 11.7. The molecule has 0 radical (unpaired) electrons. The van der Waals surface area contributed by atoms with Gasteiger partial charge in [0, 0.05) is 22.9 Å². The molecule has 0 atom stereocenters. The molecule has 2 N–H and O–H groups in total. The Morgan fingerprint density at radius 1 is 1.20 bits per heavy atom. The quantitative estimate of drug-likeness (QED) is 0.187. The van der Waals surface area contributed by atoms with E-state index >= 15 is 0 Å². The number of rotatable bonds is 8. The summed E-state index contributed by atoms with van der Waals surface area (Å²) in [6.45, 7) is 8.65. The maximum Gasteiger partial charge on any atom is 0.191 e. The summed E-state index contributed by atoms with van der Waals surface area (Å²) in [6.07, 6.45) is 1.10. The van der Waals surface area contributed by atoms with E-state index in [9.17, 15) is 0 Å². The first-order valence-electron chi connectivity index (χ1n) is 8.32. The Kier molecular flexibility index (Phi) is 11.2. The highest BCUT2D eigenvalue weighted by Crippen LogP contribution is 2.18. The highest BCUT2D eigenvalue weighted by Gasteiger charge is 2.04. The molecule has 0 saturated carbocycles. The van der Waals surface area contributed by atoms with Gasteiger partial charge in [0.1, 0.15) is 0 Å². The fourth-order valence-electron chi connectivity index (χ4n) is 2.20. The van der Waals surface area contributed by atoms with Crippen LogP contribution >= 0.6 is 47.1 Å². The third kappa shape index (κ3) is 8.42. The SMILES string of the molecule is CCNC(=NCc1sc(C)nc1C)NCCCSc1ccccc1.I. The molecule has 0 unspecified atom stereocenters. The summed E-state index contributed by atoms with van der Waals surface area (Å²) in [4.78, 5) is 11.7. The smallest absolute Gasteiger partial charge is 0.191 e. The van der Waals surface area contributed by atoms with Gasteiger partial charge < -0.3 is 10.6 Å². The fraction of sp³-hybridized carbons (Fsp3) is 0.444. The van der Waals surface area contributed by atoms with Crippen molar-refractivity contribution < 1.29 is 0 Å². The largest absolute Gasteiger partial charge is 0.357 e. The van der Waals surface area contributed by atoms with Gasteiger partial charge in [0.05, 0.1) is 17.2 Å². The Morgan fingerprint density at radius 2 is 1.96 bits per heavy atom. The summed E-state index contributed by atoms with van der Waals surface area (Å²) in [5.41, 5.74) is 1.09. The van der Waals surface area contributed by atoms with Crippen molar-refractivity contribution in [3.05, 3.63) is 45.9 Å². The van der Waals surface area contributed by atoms with Crippen LogP contribution in [-0.4, -0.2) is 29.8 Å². The summed E-state index contributed by atoms with van der Waals surface area (Å²) in [6, 6.07) is 10.5. The normalized spacial score (nSPS) is 11.1. The number of benzene rings is 1. The highest BCUT2D eigenvalue weighted by molar-refractivity contribution is 14.0. The molecule has 0 spiro atoms. The standard InChI is InChI=1S/C18H26N4S2.HI/c1-4-19-18(21-13-17-14(2)22-15(3)24-17)20-11-8-12-23-16-9-6-5-7-10-16;/h5-7,9-10H,4,8,11-13H2,1-3H3,(H2,19,20,21);1H. The molecule has 0 amide bonds. The molecule has 0 aliphatic rings. The van der Waals surface area contributed by atoms with E-state index in [1.807, 2.05) is 18.7 Å². The van der Waals surface area contributed by atoms with Gasteiger partial charge in [-0.05, 0) is 45.1 Å². The first-order valence-corrected chi connectivity index (χ1v) is 10.1. The monoisotopic (exact) mass is 490 g/mol. The van der Waals surface area contributed by atoms with Crippen molar-refractivity contribution in [3.63, 3.8) is 0 Å². The first kappa shape index (κ1) is 22.2. The number of aromatic nitrogens is 1. The number of thioether (sulfide) groups is 1. The lowest BCUT2D eigenvalue weighted by atomic mass is 10.4. The number of thiazole rings is 1. The van der Waals surface area contributed by atoms with Gasteiger partial charge in [-0.2, -0.15) is 0 Å². The Bertz CT molecular complexity index is 644. The summed E-state index contributed by atoms with van der Waals surface area (Å²) in [5, 5.41) is 7.82. The molecule has 0 fully saturated rings. The van der Waals surface area contributed by atoms with Gasteiger partial charge in [-0.15, -0.1) is 47.1 Å². The lowest BCUT2D eigenvalue weighted by Gasteiger charge is -2.11. The van der Waals surface area contributed by atoms with Crippen molar-refractivity contribution in [2.45, 2.75) is 38.6 Å². The molecule has 0 aliphatic heterocycles. The lowest BCUT2D eigenvalue weighted by Crippen LogP contribution is -2.37. The van der Waals surface area contributed by atoms with Crippen LogP contribution in [0.2, 0.25) is 0 Å². The third-order valence-corrected chi connectivity index (χ3v) is 5.51. The van der Waals surface area contributed by atoms with Crippen molar-refractivity contribution >= 4 is 53.0 Å². The molecule has 1 heterocycles. The van der Waals surface area contributed by atoms with E-state index in [0.717, 1.165) is 41.9 Å². The van der Waals surface area contributed by atoms with Gasteiger partial charge >= 0.3 is 0 Å². The molecule has 0 bridgehead atoms. The highest BCUT2D eigenvalue weighted by atomic mass is 127. The minimum Gasteiger partial charge on any atom is -0.357 e. The van der Waals surface area contributed by atoms with Crippen LogP contribution < -0.4 is 10.6 Å². The molecule has 4 nitrogen and oxygen atoms in total. The summed E-state index contributed by atoms with van der Waals surface area (Å²) in [5.74, 6) is 1.98. The minimum absolute atomic E-state index is 0. The Morgan fingerprint density at radius 3 is 2.60 bits per heavy atom. The van der Waals surface area contributed by atoms with Crippen LogP contribution in [0, 0.1) is 13.8 Å². The average Bonchev–Trinajstić information content (AvgIpc) is 2.90. The number of aryl methyl sites for hydroxylation is 2. The van der Waals surface area contributed by atoms with Crippen molar-refractivity contribution in [1.29, 1.82) is 0 Å². The van der Waals surface area contributed by atoms with E-state index in [1.54, 1.807) is 11.3 Å². The molecule has 138 valence electrons. The zero-order valence-electron chi connectivity index (χ0n) is 15.0. The van der Waals surface area contributed by atoms with Crippen LogP contribution in [0.5, 0.6) is 0 Å². The number of hydrogen-bond acceptors (Lipinski definition) is 4. The zero-order chi connectivity index (χ0) is 17.2. The third-order valence-electron chi connectivity index (χ3n) is 3.35. The minimum atomic E-state index is 0. The van der Waals surface area contributed by atoms with Crippen molar-refractivity contribution in [2.24, 2.45) is 4.99 Å². The number of guanidine groups is 1. The Hall–Kier alpha value is -0.800. The number of halogens is 1. The van der Waals surface area contributed by atoms with E-state index < -0.39 is 0 Å². The topological polar surface area (TPSA) is 49.3 Å². The molecule has 2 rings (SSSR count). The molecular weight excluding hydrogens is 463 g/mol. The molecule has 25 heavy (non-hydrogen) atoms. The van der Waals surface area contributed by atoms with Gasteiger partial charge in [0.25, 0.3) is 0 Å². The van der Waals surface area contributed by atoms with Gasteiger partial charge in [-0.25, -0.2) is 9.98 Å². The molecule has 1 aromatic heterocycles. The predicted octanol–water partition coefficient (Wildman–Crippen LogP) is 4.62. The summed E-state index contributed by atoms with van der Waals surface area (Å²) >= 11 is 3.62. The van der Waals surface area contributed by atoms with Crippen molar-refractivity contribution in [3.8, 4) is 0 Å². The second kappa shape index (κ2) is 12.5. The molecule has 0 aliphatic carbocycles. The maximum absolute atomic E-state index is 4.67.